The van der Waals surface area contributed by atoms with Crippen LogP contribution in [-0.2, 0) is 4.79 Å². The lowest BCUT2D eigenvalue weighted by Crippen LogP contribution is -2.37. The molecular weight excluding hydrogens is 313 g/mol. The van der Waals surface area contributed by atoms with E-state index < -0.39 is 0 Å². The Morgan fingerprint density at radius 3 is 2.17 bits per heavy atom. The first kappa shape index (κ1) is 16.9. The Labute approximate surface area is 140 Å². The number of nitrogens with zero attached hydrogens (tertiary/aromatic N) is 1. The maximum absolute atomic E-state index is 12.9. The molecule has 2 rings (SSSR count). The summed E-state index contributed by atoms with van der Waals surface area (Å²) in [6, 6.07) is 13.4. The van der Waals surface area contributed by atoms with E-state index in [4.69, 9.17) is 12.2 Å². The van der Waals surface area contributed by atoms with E-state index in [1.54, 1.807) is 24.1 Å². The van der Waals surface area contributed by atoms with E-state index in [9.17, 15) is 9.18 Å². The summed E-state index contributed by atoms with van der Waals surface area (Å²) in [7, 11) is 1.72. The Morgan fingerprint density at radius 1 is 1.04 bits per heavy atom. The van der Waals surface area contributed by atoms with E-state index >= 15 is 0 Å². The van der Waals surface area contributed by atoms with E-state index in [1.807, 2.05) is 31.2 Å². The molecule has 2 aromatic rings. The van der Waals surface area contributed by atoms with Crippen molar-refractivity contribution in [1.29, 1.82) is 0 Å². The molecule has 6 heteroatoms. The second-order valence-corrected chi connectivity index (χ2v) is 5.59. The number of amides is 1. The number of hydrogen-bond donors (Lipinski definition) is 2. The van der Waals surface area contributed by atoms with Crippen LogP contribution in [0.25, 0.3) is 0 Å². The third-order valence-electron chi connectivity index (χ3n) is 3.16. The van der Waals surface area contributed by atoms with Gasteiger partial charge in [-0.05, 0) is 55.5 Å². The number of carbonyl (C=O) groups is 1. The van der Waals surface area contributed by atoms with Gasteiger partial charge in [-0.3, -0.25) is 4.79 Å². The van der Waals surface area contributed by atoms with Crippen LogP contribution < -0.4 is 10.6 Å². The van der Waals surface area contributed by atoms with Crippen molar-refractivity contribution in [3.63, 3.8) is 0 Å². The predicted molar refractivity (Wildman–Crippen MR) is 95.1 cm³/mol. The van der Waals surface area contributed by atoms with Crippen molar-refractivity contribution >= 4 is 34.6 Å². The van der Waals surface area contributed by atoms with E-state index in [0.717, 1.165) is 11.3 Å². The molecular formula is C17H18FN3OS. The Kier molecular flexibility index (Phi) is 5.65. The van der Waals surface area contributed by atoms with Gasteiger partial charge in [0.2, 0.25) is 5.91 Å². The van der Waals surface area contributed by atoms with Gasteiger partial charge in [-0.15, -0.1) is 0 Å². The second kappa shape index (κ2) is 7.69. The highest BCUT2D eigenvalue weighted by molar-refractivity contribution is 7.80. The minimum absolute atomic E-state index is 0.112. The second-order valence-electron chi connectivity index (χ2n) is 5.21. The number of aryl methyl sites for hydroxylation is 1. The van der Waals surface area contributed by atoms with Gasteiger partial charge in [0.15, 0.2) is 5.11 Å². The first-order chi connectivity index (χ1) is 10.9. The highest BCUT2D eigenvalue weighted by Crippen LogP contribution is 2.10. The summed E-state index contributed by atoms with van der Waals surface area (Å²) in [5.41, 5.74) is 2.54. The lowest BCUT2D eigenvalue weighted by Gasteiger charge is -2.20. The lowest BCUT2D eigenvalue weighted by molar-refractivity contribution is -0.116. The molecule has 0 aliphatic carbocycles. The summed E-state index contributed by atoms with van der Waals surface area (Å²) in [6.45, 7) is 2.10. The Balaban J connectivity index is 1.86. The van der Waals surface area contributed by atoms with Gasteiger partial charge in [0, 0.05) is 18.4 Å². The van der Waals surface area contributed by atoms with Crippen LogP contribution in [0.15, 0.2) is 48.5 Å². The summed E-state index contributed by atoms with van der Waals surface area (Å²) in [4.78, 5) is 13.6. The summed E-state index contributed by atoms with van der Waals surface area (Å²) >= 11 is 5.23. The van der Waals surface area contributed by atoms with Crippen LogP contribution in [-0.4, -0.2) is 29.5 Å². The topological polar surface area (TPSA) is 44.4 Å². The van der Waals surface area contributed by atoms with E-state index in [2.05, 4.69) is 10.6 Å². The minimum Gasteiger partial charge on any atom is -0.343 e. The molecule has 0 aliphatic heterocycles. The van der Waals surface area contributed by atoms with Gasteiger partial charge in [-0.2, -0.15) is 0 Å². The smallest absolute Gasteiger partial charge is 0.243 e. The molecule has 2 N–H and O–H groups in total. The number of halogens is 1. The van der Waals surface area contributed by atoms with Crippen molar-refractivity contribution in [3.05, 3.63) is 59.9 Å². The summed E-state index contributed by atoms with van der Waals surface area (Å²) in [5, 5.41) is 6.15. The van der Waals surface area contributed by atoms with Crippen molar-refractivity contribution in [2.45, 2.75) is 6.92 Å². The van der Waals surface area contributed by atoms with Gasteiger partial charge in [0.25, 0.3) is 0 Å². The SMILES string of the molecule is Cc1ccc(NC(=O)CN(C)C(=S)Nc2ccc(F)cc2)cc1. The normalized spacial score (nSPS) is 10.0. The van der Waals surface area contributed by atoms with Crippen LogP contribution in [0.2, 0.25) is 0 Å². The lowest BCUT2D eigenvalue weighted by atomic mass is 10.2. The van der Waals surface area contributed by atoms with Crippen LogP contribution in [0.5, 0.6) is 0 Å². The highest BCUT2D eigenvalue weighted by Gasteiger charge is 2.10. The van der Waals surface area contributed by atoms with E-state index in [1.165, 1.54) is 12.1 Å². The molecule has 0 saturated carbocycles. The Morgan fingerprint density at radius 2 is 1.57 bits per heavy atom. The fourth-order valence-electron chi connectivity index (χ4n) is 1.88. The predicted octanol–water partition coefficient (Wildman–Crippen LogP) is 3.40. The molecule has 0 aliphatic rings. The molecule has 0 unspecified atom stereocenters. The Hall–Kier alpha value is -2.47. The largest absolute Gasteiger partial charge is 0.343 e. The quantitative estimate of drug-likeness (QED) is 0.843. The van der Waals surface area contributed by atoms with Crippen LogP contribution in [0, 0.1) is 12.7 Å². The van der Waals surface area contributed by atoms with E-state index in [-0.39, 0.29) is 18.3 Å². The van der Waals surface area contributed by atoms with Crippen molar-refractivity contribution in [2.75, 3.05) is 24.2 Å². The van der Waals surface area contributed by atoms with Crippen molar-refractivity contribution < 1.29 is 9.18 Å². The fourth-order valence-corrected chi connectivity index (χ4v) is 2.06. The molecule has 120 valence electrons. The third kappa shape index (κ3) is 5.34. The molecule has 2 aromatic carbocycles. The van der Waals surface area contributed by atoms with Gasteiger partial charge in [0.1, 0.15) is 5.82 Å². The number of hydrogen-bond acceptors (Lipinski definition) is 2. The number of benzene rings is 2. The summed E-state index contributed by atoms with van der Waals surface area (Å²) < 4.78 is 12.9. The number of carbonyl (C=O) groups excluding carboxylic acids is 1. The summed E-state index contributed by atoms with van der Waals surface area (Å²) in [6.07, 6.45) is 0. The van der Waals surface area contributed by atoms with Crippen LogP contribution in [0.3, 0.4) is 0 Å². The van der Waals surface area contributed by atoms with Gasteiger partial charge < -0.3 is 15.5 Å². The highest BCUT2D eigenvalue weighted by atomic mass is 32.1. The number of anilines is 2. The zero-order valence-corrected chi connectivity index (χ0v) is 13.8. The zero-order chi connectivity index (χ0) is 16.8. The molecule has 0 heterocycles. The first-order valence-electron chi connectivity index (χ1n) is 7.08. The third-order valence-corrected chi connectivity index (χ3v) is 3.57. The standard InChI is InChI=1S/C17H18FN3OS/c1-12-3-7-14(8-4-12)19-16(22)11-21(2)17(23)20-15-9-5-13(18)6-10-15/h3-10H,11H2,1-2H3,(H,19,22)(H,20,23). The van der Waals surface area contributed by atoms with E-state index in [0.29, 0.717) is 10.8 Å². The zero-order valence-electron chi connectivity index (χ0n) is 13.0. The molecule has 0 fully saturated rings. The maximum atomic E-state index is 12.9. The molecule has 23 heavy (non-hydrogen) atoms. The molecule has 0 spiro atoms. The average molecular weight is 331 g/mol. The number of rotatable bonds is 4. The Bertz CT molecular complexity index is 686. The fraction of sp³-hybridized carbons (Fsp3) is 0.176. The van der Waals surface area contributed by atoms with Gasteiger partial charge >= 0.3 is 0 Å². The van der Waals surface area contributed by atoms with Crippen molar-refractivity contribution in [3.8, 4) is 0 Å². The molecule has 1 amide bonds. The van der Waals surface area contributed by atoms with Gasteiger partial charge in [-0.1, -0.05) is 17.7 Å². The molecule has 0 atom stereocenters. The van der Waals surface area contributed by atoms with Gasteiger partial charge in [0.05, 0.1) is 6.54 Å². The first-order valence-corrected chi connectivity index (χ1v) is 7.49. The van der Waals surface area contributed by atoms with Crippen LogP contribution >= 0.6 is 12.2 Å². The molecule has 0 bridgehead atoms. The molecule has 0 saturated heterocycles. The molecule has 4 nitrogen and oxygen atoms in total. The van der Waals surface area contributed by atoms with Crippen molar-refractivity contribution in [2.24, 2.45) is 0 Å². The number of likely N-dealkylation sites (N-methyl/N-ethyl adjacent to an activating group) is 1. The van der Waals surface area contributed by atoms with Crippen LogP contribution in [0.4, 0.5) is 15.8 Å². The number of nitrogens with one attached hydrogen (secondary N) is 2. The minimum atomic E-state index is -0.313. The number of thiocarbonyl (C=S) groups is 1. The summed E-state index contributed by atoms with van der Waals surface area (Å²) in [5.74, 6) is -0.480. The molecule has 0 aromatic heterocycles. The average Bonchev–Trinajstić information content (AvgIpc) is 2.51. The van der Waals surface area contributed by atoms with Crippen molar-refractivity contribution in [1.82, 2.24) is 4.90 Å². The van der Waals surface area contributed by atoms with Crippen LogP contribution in [0.1, 0.15) is 5.56 Å². The van der Waals surface area contributed by atoms with Gasteiger partial charge in [-0.25, -0.2) is 4.39 Å². The monoisotopic (exact) mass is 331 g/mol. The maximum Gasteiger partial charge on any atom is 0.243 e. The molecule has 0 radical (unpaired) electrons.